The maximum absolute atomic E-state index is 4.59. The second-order valence-corrected chi connectivity index (χ2v) is 5.79. The molecule has 0 saturated heterocycles. The lowest BCUT2D eigenvalue weighted by molar-refractivity contribution is 0.546. The first-order valence-electron chi connectivity index (χ1n) is 6.30. The molecule has 94 valence electrons. The topological polar surface area (TPSA) is 49.8 Å². The molecule has 17 heavy (non-hydrogen) atoms. The molecule has 0 bridgehead atoms. The van der Waals surface area contributed by atoms with Crippen molar-refractivity contribution in [1.29, 1.82) is 0 Å². The lowest BCUT2D eigenvalue weighted by Gasteiger charge is -2.18. The molecule has 4 nitrogen and oxygen atoms in total. The Kier molecular flexibility index (Phi) is 3.22. The molecule has 4 heteroatoms. The molecule has 1 aliphatic rings. The average molecular weight is 234 g/mol. The molecule has 1 heterocycles. The second kappa shape index (κ2) is 4.51. The van der Waals surface area contributed by atoms with Gasteiger partial charge in [0.05, 0.1) is 0 Å². The van der Waals surface area contributed by atoms with Crippen molar-refractivity contribution in [3.63, 3.8) is 0 Å². The number of nitrogens with zero attached hydrogens (tertiary/aromatic N) is 2. The van der Waals surface area contributed by atoms with Gasteiger partial charge < -0.3 is 10.6 Å². The van der Waals surface area contributed by atoms with Gasteiger partial charge in [-0.1, -0.05) is 20.8 Å². The zero-order chi connectivity index (χ0) is 12.5. The fourth-order valence-electron chi connectivity index (χ4n) is 1.57. The van der Waals surface area contributed by atoms with E-state index >= 15 is 0 Å². The summed E-state index contributed by atoms with van der Waals surface area (Å²) >= 11 is 0. The summed E-state index contributed by atoms with van der Waals surface area (Å²) < 4.78 is 0. The summed E-state index contributed by atoms with van der Waals surface area (Å²) in [4.78, 5) is 9.09. The second-order valence-electron chi connectivity index (χ2n) is 5.79. The number of nitrogens with one attached hydrogen (secondary N) is 2. The molecular formula is C13H22N4. The van der Waals surface area contributed by atoms with Gasteiger partial charge in [0, 0.05) is 25.1 Å². The number of aromatic nitrogens is 2. The van der Waals surface area contributed by atoms with Crippen LogP contribution in [0, 0.1) is 5.92 Å². The molecule has 2 rings (SSSR count). The van der Waals surface area contributed by atoms with E-state index in [2.05, 4.69) is 41.4 Å². The van der Waals surface area contributed by atoms with Crippen LogP contribution in [-0.4, -0.2) is 23.6 Å². The van der Waals surface area contributed by atoms with Gasteiger partial charge in [-0.25, -0.2) is 9.97 Å². The van der Waals surface area contributed by atoms with Gasteiger partial charge >= 0.3 is 0 Å². The van der Waals surface area contributed by atoms with Gasteiger partial charge in [-0.05, 0) is 18.8 Å². The van der Waals surface area contributed by atoms with E-state index in [1.165, 1.54) is 12.8 Å². The third-order valence-corrected chi connectivity index (χ3v) is 2.92. The molecule has 0 amide bonds. The van der Waals surface area contributed by atoms with E-state index in [0.29, 0.717) is 0 Å². The highest BCUT2D eigenvalue weighted by atomic mass is 15.1. The molecule has 2 N–H and O–H groups in total. The first kappa shape index (κ1) is 12.1. The molecule has 0 aliphatic heterocycles. The van der Waals surface area contributed by atoms with Crippen LogP contribution in [0.25, 0.3) is 0 Å². The van der Waals surface area contributed by atoms with Gasteiger partial charge in [-0.2, -0.15) is 0 Å². The highest BCUT2D eigenvalue weighted by Crippen LogP contribution is 2.29. The summed E-state index contributed by atoms with van der Waals surface area (Å²) in [6, 6.07) is 1.97. The predicted molar refractivity (Wildman–Crippen MR) is 71.5 cm³/mol. The van der Waals surface area contributed by atoms with Crippen LogP contribution in [0.5, 0.6) is 0 Å². The van der Waals surface area contributed by atoms with E-state index in [4.69, 9.17) is 0 Å². The molecule has 0 unspecified atom stereocenters. The van der Waals surface area contributed by atoms with Crippen molar-refractivity contribution in [2.45, 2.75) is 39.0 Å². The quantitative estimate of drug-likeness (QED) is 0.841. The molecule has 1 saturated carbocycles. The molecule has 0 spiro atoms. The molecule has 1 fully saturated rings. The van der Waals surface area contributed by atoms with Gasteiger partial charge in [0.1, 0.15) is 17.5 Å². The summed E-state index contributed by atoms with van der Waals surface area (Å²) in [7, 11) is 1.89. The van der Waals surface area contributed by atoms with Crippen LogP contribution in [-0.2, 0) is 5.41 Å². The van der Waals surface area contributed by atoms with Crippen LogP contribution in [0.15, 0.2) is 6.07 Å². The normalized spacial score (nSPS) is 15.8. The molecule has 1 aliphatic carbocycles. The summed E-state index contributed by atoms with van der Waals surface area (Å²) in [6.07, 6.45) is 2.70. The van der Waals surface area contributed by atoms with E-state index in [0.717, 1.165) is 29.9 Å². The molecule has 0 radical (unpaired) electrons. The Hall–Kier alpha value is -1.32. The minimum Gasteiger partial charge on any atom is -0.373 e. The maximum atomic E-state index is 4.59. The summed E-state index contributed by atoms with van der Waals surface area (Å²) in [5.41, 5.74) is -0.0249. The Bertz CT molecular complexity index is 391. The van der Waals surface area contributed by atoms with Crippen molar-refractivity contribution in [3.05, 3.63) is 11.9 Å². The summed E-state index contributed by atoms with van der Waals surface area (Å²) in [5.74, 6) is 3.54. The molecule has 1 aromatic rings. The van der Waals surface area contributed by atoms with Gasteiger partial charge in [-0.3, -0.25) is 0 Å². The predicted octanol–water partition coefficient (Wildman–Crippen LogP) is 2.64. The Balaban J connectivity index is 2.18. The van der Waals surface area contributed by atoms with Gasteiger partial charge in [-0.15, -0.1) is 0 Å². The third kappa shape index (κ3) is 3.32. The zero-order valence-electron chi connectivity index (χ0n) is 11.2. The number of anilines is 2. The highest BCUT2D eigenvalue weighted by Gasteiger charge is 2.22. The van der Waals surface area contributed by atoms with Gasteiger partial charge in [0.2, 0.25) is 0 Å². The van der Waals surface area contributed by atoms with Crippen LogP contribution < -0.4 is 10.6 Å². The number of hydrogen-bond acceptors (Lipinski definition) is 4. The van der Waals surface area contributed by atoms with E-state index in [9.17, 15) is 0 Å². The van der Waals surface area contributed by atoms with E-state index in [1.807, 2.05) is 13.1 Å². The Morgan fingerprint density at radius 2 is 1.88 bits per heavy atom. The van der Waals surface area contributed by atoms with Crippen molar-refractivity contribution in [2.75, 3.05) is 24.2 Å². The fraction of sp³-hybridized carbons (Fsp3) is 0.692. The van der Waals surface area contributed by atoms with Crippen LogP contribution in [0.2, 0.25) is 0 Å². The van der Waals surface area contributed by atoms with Gasteiger partial charge in [0.25, 0.3) is 0 Å². The Morgan fingerprint density at radius 1 is 1.24 bits per heavy atom. The van der Waals surface area contributed by atoms with Crippen LogP contribution in [0.1, 0.15) is 39.4 Å². The largest absolute Gasteiger partial charge is 0.373 e. The van der Waals surface area contributed by atoms with E-state index < -0.39 is 0 Å². The van der Waals surface area contributed by atoms with E-state index in [-0.39, 0.29) is 5.41 Å². The van der Waals surface area contributed by atoms with Crippen molar-refractivity contribution in [1.82, 2.24) is 9.97 Å². The Morgan fingerprint density at radius 3 is 2.41 bits per heavy atom. The molecule has 1 aromatic heterocycles. The first-order chi connectivity index (χ1) is 7.99. The minimum atomic E-state index is -0.0249. The fourth-order valence-corrected chi connectivity index (χ4v) is 1.57. The SMILES string of the molecule is CNc1cc(NCC2CC2)nc(C(C)(C)C)n1. The highest BCUT2D eigenvalue weighted by molar-refractivity contribution is 5.47. The standard InChI is InChI=1S/C13H22N4/c1-13(2,3)12-16-10(14-4)7-11(17-12)15-8-9-5-6-9/h7,9H,5-6,8H2,1-4H3,(H2,14,15,16,17). The number of rotatable bonds is 4. The van der Waals surface area contributed by atoms with Crippen LogP contribution in [0.4, 0.5) is 11.6 Å². The van der Waals surface area contributed by atoms with Crippen LogP contribution >= 0.6 is 0 Å². The zero-order valence-corrected chi connectivity index (χ0v) is 11.2. The first-order valence-corrected chi connectivity index (χ1v) is 6.30. The average Bonchev–Trinajstić information content (AvgIpc) is 3.08. The van der Waals surface area contributed by atoms with E-state index in [1.54, 1.807) is 0 Å². The Labute approximate surface area is 103 Å². The summed E-state index contributed by atoms with van der Waals surface area (Å²) in [6.45, 7) is 7.43. The lowest BCUT2D eigenvalue weighted by atomic mass is 9.96. The monoisotopic (exact) mass is 234 g/mol. The minimum absolute atomic E-state index is 0.0249. The van der Waals surface area contributed by atoms with Gasteiger partial charge in [0.15, 0.2) is 0 Å². The lowest BCUT2D eigenvalue weighted by Crippen LogP contribution is -2.18. The molecule has 0 aromatic carbocycles. The van der Waals surface area contributed by atoms with Crippen molar-refractivity contribution >= 4 is 11.6 Å². The third-order valence-electron chi connectivity index (χ3n) is 2.92. The smallest absolute Gasteiger partial charge is 0.138 e. The molecule has 0 atom stereocenters. The van der Waals surface area contributed by atoms with Crippen molar-refractivity contribution < 1.29 is 0 Å². The van der Waals surface area contributed by atoms with Crippen molar-refractivity contribution in [2.24, 2.45) is 5.92 Å². The summed E-state index contributed by atoms with van der Waals surface area (Å²) in [5, 5.41) is 6.49. The number of hydrogen-bond donors (Lipinski definition) is 2. The van der Waals surface area contributed by atoms with Crippen LogP contribution in [0.3, 0.4) is 0 Å². The van der Waals surface area contributed by atoms with Crippen molar-refractivity contribution in [3.8, 4) is 0 Å². The maximum Gasteiger partial charge on any atom is 0.138 e. The molecular weight excluding hydrogens is 212 g/mol.